The Morgan fingerprint density at radius 2 is 1.75 bits per heavy atom. The van der Waals surface area contributed by atoms with E-state index in [-0.39, 0.29) is 18.7 Å². The highest BCUT2D eigenvalue weighted by Gasteiger charge is 2.30. The van der Waals surface area contributed by atoms with Gasteiger partial charge in [0, 0.05) is 19.8 Å². The third-order valence-corrected chi connectivity index (χ3v) is 2.57. The standard InChI is InChI=1S/C12H24O4/c1-4-13-11-9-7-8-10(16-11)12(14-5-2)15-6-3/h10-12H,4-9H2,1-3H3. The molecular weight excluding hydrogens is 208 g/mol. The van der Waals surface area contributed by atoms with Gasteiger partial charge in [0.1, 0.15) is 6.10 Å². The van der Waals surface area contributed by atoms with Crippen molar-refractivity contribution in [2.24, 2.45) is 0 Å². The summed E-state index contributed by atoms with van der Waals surface area (Å²) in [6.45, 7) is 7.89. The number of rotatable bonds is 7. The molecule has 1 rings (SSSR count). The zero-order chi connectivity index (χ0) is 11.8. The lowest BCUT2D eigenvalue weighted by Crippen LogP contribution is -2.40. The highest BCUT2D eigenvalue weighted by Crippen LogP contribution is 2.24. The molecular formula is C12H24O4. The molecule has 2 atom stereocenters. The van der Waals surface area contributed by atoms with Gasteiger partial charge in [0.15, 0.2) is 12.6 Å². The maximum atomic E-state index is 5.82. The number of hydrogen-bond acceptors (Lipinski definition) is 4. The van der Waals surface area contributed by atoms with Gasteiger partial charge in [-0.1, -0.05) is 0 Å². The van der Waals surface area contributed by atoms with E-state index in [1.54, 1.807) is 0 Å². The lowest BCUT2D eigenvalue weighted by atomic mass is 10.1. The molecule has 16 heavy (non-hydrogen) atoms. The van der Waals surface area contributed by atoms with E-state index in [4.69, 9.17) is 18.9 Å². The zero-order valence-electron chi connectivity index (χ0n) is 10.6. The number of ether oxygens (including phenoxy) is 4. The van der Waals surface area contributed by atoms with Crippen molar-refractivity contribution in [1.29, 1.82) is 0 Å². The van der Waals surface area contributed by atoms with Crippen molar-refractivity contribution in [3.8, 4) is 0 Å². The second-order valence-corrected chi connectivity index (χ2v) is 3.77. The molecule has 1 heterocycles. The van der Waals surface area contributed by atoms with Crippen molar-refractivity contribution in [2.75, 3.05) is 19.8 Å². The number of hydrogen-bond donors (Lipinski definition) is 0. The Labute approximate surface area is 98.2 Å². The summed E-state index contributed by atoms with van der Waals surface area (Å²) in [7, 11) is 0. The Morgan fingerprint density at radius 3 is 2.31 bits per heavy atom. The summed E-state index contributed by atoms with van der Waals surface area (Å²) < 4.78 is 22.4. The van der Waals surface area contributed by atoms with E-state index in [2.05, 4.69) is 0 Å². The van der Waals surface area contributed by atoms with E-state index in [0.717, 1.165) is 19.3 Å². The maximum absolute atomic E-state index is 5.82. The molecule has 2 unspecified atom stereocenters. The Balaban J connectivity index is 2.42. The van der Waals surface area contributed by atoms with Crippen LogP contribution in [0.5, 0.6) is 0 Å². The largest absolute Gasteiger partial charge is 0.353 e. The van der Waals surface area contributed by atoms with Gasteiger partial charge in [-0.25, -0.2) is 0 Å². The Hall–Kier alpha value is -0.160. The highest BCUT2D eigenvalue weighted by atomic mass is 16.7. The molecule has 0 aromatic rings. The van der Waals surface area contributed by atoms with Gasteiger partial charge in [0.25, 0.3) is 0 Å². The van der Waals surface area contributed by atoms with Gasteiger partial charge in [0.2, 0.25) is 0 Å². The minimum absolute atomic E-state index is 0.00481. The summed E-state index contributed by atoms with van der Waals surface area (Å²) in [5, 5.41) is 0. The summed E-state index contributed by atoms with van der Waals surface area (Å²) in [4.78, 5) is 0. The Bertz CT molecular complexity index is 166. The predicted molar refractivity (Wildman–Crippen MR) is 61.2 cm³/mol. The van der Waals surface area contributed by atoms with Crippen LogP contribution in [0, 0.1) is 0 Å². The molecule has 1 aliphatic heterocycles. The van der Waals surface area contributed by atoms with E-state index >= 15 is 0 Å². The molecule has 0 bridgehead atoms. The van der Waals surface area contributed by atoms with Crippen LogP contribution in [0.4, 0.5) is 0 Å². The molecule has 4 heteroatoms. The topological polar surface area (TPSA) is 36.9 Å². The second-order valence-electron chi connectivity index (χ2n) is 3.77. The van der Waals surface area contributed by atoms with Crippen LogP contribution in [0.1, 0.15) is 40.0 Å². The summed E-state index contributed by atoms with van der Waals surface area (Å²) in [6.07, 6.45) is 2.71. The highest BCUT2D eigenvalue weighted by molar-refractivity contribution is 4.70. The molecule has 0 radical (unpaired) electrons. The molecule has 0 aliphatic carbocycles. The summed E-state index contributed by atoms with van der Waals surface area (Å²) in [5.74, 6) is 0. The molecule has 1 aliphatic rings. The minimum Gasteiger partial charge on any atom is -0.353 e. The smallest absolute Gasteiger partial charge is 0.183 e. The summed E-state index contributed by atoms with van der Waals surface area (Å²) in [5.41, 5.74) is 0. The van der Waals surface area contributed by atoms with Gasteiger partial charge in [0.05, 0.1) is 0 Å². The van der Waals surface area contributed by atoms with Crippen LogP contribution in [-0.4, -0.2) is 38.5 Å². The molecule has 4 nitrogen and oxygen atoms in total. The molecule has 0 aromatic carbocycles. The minimum atomic E-state index is -0.252. The van der Waals surface area contributed by atoms with Crippen LogP contribution < -0.4 is 0 Å². The fraction of sp³-hybridized carbons (Fsp3) is 1.00. The summed E-state index contributed by atoms with van der Waals surface area (Å²) >= 11 is 0. The van der Waals surface area contributed by atoms with E-state index in [1.165, 1.54) is 0 Å². The maximum Gasteiger partial charge on any atom is 0.183 e. The van der Waals surface area contributed by atoms with E-state index in [9.17, 15) is 0 Å². The lowest BCUT2D eigenvalue weighted by Gasteiger charge is -2.34. The van der Waals surface area contributed by atoms with E-state index < -0.39 is 0 Å². The molecule has 0 N–H and O–H groups in total. The van der Waals surface area contributed by atoms with Crippen LogP contribution in [0.25, 0.3) is 0 Å². The molecule has 0 aromatic heterocycles. The second kappa shape index (κ2) is 8.01. The van der Waals surface area contributed by atoms with Crippen LogP contribution in [0.3, 0.4) is 0 Å². The zero-order valence-corrected chi connectivity index (χ0v) is 10.6. The third kappa shape index (κ3) is 4.37. The van der Waals surface area contributed by atoms with E-state index in [1.807, 2.05) is 20.8 Å². The SMILES string of the molecule is CCOC1CCCC(C(OCC)OCC)O1. The molecule has 1 fully saturated rings. The van der Waals surface area contributed by atoms with Crippen molar-refractivity contribution in [3.05, 3.63) is 0 Å². The Kier molecular flexibility index (Phi) is 6.96. The van der Waals surface area contributed by atoms with Crippen LogP contribution >= 0.6 is 0 Å². The van der Waals surface area contributed by atoms with Gasteiger partial charge in [-0.15, -0.1) is 0 Å². The van der Waals surface area contributed by atoms with Gasteiger partial charge in [-0.2, -0.15) is 0 Å². The average Bonchev–Trinajstić information content (AvgIpc) is 2.30. The lowest BCUT2D eigenvalue weighted by molar-refractivity contribution is -0.268. The fourth-order valence-corrected chi connectivity index (χ4v) is 1.92. The first-order chi connectivity index (χ1) is 7.81. The first-order valence-electron chi connectivity index (χ1n) is 6.32. The van der Waals surface area contributed by atoms with Crippen molar-refractivity contribution in [3.63, 3.8) is 0 Å². The van der Waals surface area contributed by atoms with Gasteiger partial charge >= 0.3 is 0 Å². The van der Waals surface area contributed by atoms with Crippen molar-refractivity contribution in [1.82, 2.24) is 0 Å². The Morgan fingerprint density at radius 1 is 1.06 bits per heavy atom. The fourth-order valence-electron chi connectivity index (χ4n) is 1.92. The van der Waals surface area contributed by atoms with Gasteiger partial charge in [-0.05, 0) is 40.0 Å². The van der Waals surface area contributed by atoms with Crippen LogP contribution in [0.2, 0.25) is 0 Å². The molecule has 0 spiro atoms. The normalized spacial score (nSPS) is 26.2. The molecule has 1 saturated heterocycles. The van der Waals surface area contributed by atoms with Crippen molar-refractivity contribution in [2.45, 2.75) is 58.7 Å². The van der Waals surface area contributed by atoms with Gasteiger partial charge < -0.3 is 18.9 Å². The average molecular weight is 232 g/mol. The van der Waals surface area contributed by atoms with E-state index in [0.29, 0.717) is 19.8 Å². The van der Waals surface area contributed by atoms with Crippen molar-refractivity contribution >= 4 is 0 Å². The first-order valence-corrected chi connectivity index (χ1v) is 6.32. The quantitative estimate of drug-likeness (QED) is 0.631. The predicted octanol–water partition coefficient (Wildman–Crippen LogP) is 2.32. The van der Waals surface area contributed by atoms with Crippen molar-refractivity contribution < 1.29 is 18.9 Å². The van der Waals surface area contributed by atoms with Gasteiger partial charge in [-0.3, -0.25) is 0 Å². The monoisotopic (exact) mass is 232 g/mol. The molecule has 0 saturated carbocycles. The first kappa shape index (κ1) is 13.9. The van der Waals surface area contributed by atoms with Crippen LogP contribution in [-0.2, 0) is 18.9 Å². The molecule has 96 valence electrons. The molecule has 0 amide bonds. The van der Waals surface area contributed by atoms with Crippen LogP contribution in [0.15, 0.2) is 0 Å². The summed E-state index contributed by atoms with van der Waals surface area (Å²) in [6, 6.07) is 0. The third-order valence-electron chi connectivity index (χ3n) is 2.57.